The molecule has 30 heavy (non-hydrogen) atoms. The van der Waals surface area contributed by atoms with Crippen LogP contribution in [-0.2, 0) is 10.0 Å². The van der Waals surface area contributed by atoms with Gasteiger partial charge in [-0.1, -0.05) is 42.5 Å². The highest BCUT2D eigenvalue weighted by molar-refractivity contribution is 7.89. The van der Waals surface area contributed by atoms with Gasteiger partial charge in [-0.15, -0.1) is 0 Å². The fourth-order valence-corrected chi connectivity index (χ4v) is 4.86. The van der Waals surface area contributed by atoms with Gasteiger partial charge in [0.2, 0.25) is 5.78 Å². The smallest absolute Gasteiger partial charge is 0.265 e. The molecule has 1 aliphatic rings. The number of Topliss-reactive ketones (excluding diaryl/α,β-unsaturated/α-hetero) is 2. The number of benzene rings is 2. The Hall–Kier alpha value is -3.78. The van der Waals surface area contributed by atoms with Crippen molar-refractivity contribution in [1.82, 2.24) is 9.29 Å². The highest BCUT2D eigenvalue weighted by Gasteiger charge is 2.42. The van der Waals surface area contributed by atoms with Crippen molar-refractivity contribution in [1.29, 1.82) is 0 Å². The van der Waals surface area contributed by atoms with Gasteiger partial charge >= 0.3 is 0 Å². The van der Waals surface area contributed by atoms with Gasteiger partial charge in [-0.05, 0) is 24.3 Å². The van der Waals surface area contributed by atoms with Crippen LogP contribution in [0.25, 0.3) is 5.76 Å². The van der Waals surface area contributed by atoms with Crippen molar-refractivity contribution in [3.05, 3.63) is 102 Å². The molecule has 2 heterocycles. The summed E-state index contributed by atoms with van der Waals surface area (Å²) in [6.45, 7) is -0.640. The first kappa shape index (κ1) is 19.5. The molecule has 0 fully saturated rings. The molecule has 3 aromatic rings. The number of hydrogen-bond acceptors (Lipinski definition) is 6. The third-order valence-electron chi connectivity index (χ3n) is 4.73. The molecule has 1 aromatic heterocycles. The van der Waals surface area contributed by atoms with Crippen molar-refractivity contribution in [3.63, 3.8) is 0 Å². The van der Waals surface area contributed by atoms with Crippen LogP contribution in [0.1, 0.15) is 26.3 Å². The van der Waals surface area contributed by atoms with Crippen LogP contribution >= 0.6 is 0 Å². The van der Waals surface area contributed by atoms with E-state index in [0.29, 0.717) is 4.31 Å². The molecular formula is C22H16N2O5S. The highest BCUT2D eigenvalue weighted by atomic mass is 32.2. The Kier molecular flexibility index (Phi) is 4.93. The third kappa shape index (κ3) is 3.27. The number of ketones is 2. The Morgan fingerprint density at radius 3 is 2.23 bits per heavy atom. The van der Waals surface area contributed by atoms with Crippen LogP contribution in [-0.4, -0.2) is 40.9 Å². The van der Waals surface area contributed by atoms with Crippen LogP contribution in [0.15, 0.2) is 89.7 Å². The summed E-state index contributed by atoms with van der Waals surface area (Å²) in [5.41, 5.74) is -0.00764. The van der Waals surface area contributed by atoms with E-state index in [4.69, 9.17) is 0 Å². The molecular weight excluding hydrogens is 404 g/mol. The first-order valence-electron chi connectivity index (χ1n) is 8.99. The van der Waals surface area contributed by atoms with Gasteiger partial charge in [-0.3, -0.25) is 18.9 Å². The lowest BCUT2D eigenvalue weighted by atomic mass is 10.0. The molecule has 150 valence electrons. The summed E-state index contributed by atoms with van der Waals surface area (Å²) in [4.78, 5) is 29.6. The highest BCUT2D eigenvalue weighted by Crippen LogP contribution is 2.35. The zero-order chi connectivity index (χ0) is 21.3. The second-order valence-electron chi connectivity index (χ2n) is 6.56. The largest absolute Gasteiger partial charge is 0.505 e. The minimum atomic E-state index is -4.26. The minimum absolute atomic E-state index is 0.0532. The van der Waals surface area contributed by atoms with Gasteiger partial charge in [0.05, 0.1) is 11.4 Å². The monoisotopic (exact) mass is 420 g/mol. The Bertz CT molecular complexity index is 1270. The van der Waals surface area contributed by atoms with E-state index in [2.05, 4.69) is 4.98 Å². The van der Waals surface area contributed by atoms with Crippen molar-refractivity contribution in [2.24, 2.45) is 0 Å². The number of nitrogens with zero attached hydrogens (tertiary/aromatic N) is 2. The first-order chi connectivity index (χ1) is 14.4. The van der Waals surface area contributed by atoms with E-state index in [1.54, 1.807) is 36.4 Å². The van der Waals surface area contributed by atoms with E-state index in [1.165, 1.54) is 42.7 Å². The number of hydrogen-bond donors (Lipinski definition) is 1. The zero-order valence-corrected chi connectivity index (χ0v) is 16.4. The van der Waals surface area contributed by atoms with Crippen molar-refractivity contribution in [2.45, 2.75) is 4.90 Å². The van der Waals surface area contributed by atoms with E-state index in [-0.39, 0.29) is 21.6 Å². The quantitative estimate of drug-likeness (QED) is 0.395. The number of pyridine rings is 1. The number of carbonyl (C=O) groups is 2. The number of sulfonamides is 1. The van der Waals surface area contributed by atoms with Crippen LogP contribution in [0.5, 0.6) is 0 Å². The van der Waals surface area contributed by atoms with Gasteiger partial charge in [-0.2, -0.15) is 0 Å². The van der Waals surface area contributed by atoms with Crippen molar-refractivity contribution >= 4 is 27.3 Å². The second kappa shape index (κ2) is 7.57. The number of aromatic nitrogens is 1. The zero-order valence-electron chi connectivity index (χ0n) is 15.6. The third-order valence-corrected chi connectivity index (χ3v) is 6.53. The molecule has 7 nitrogen and oxygen atoms in total. The Morgan fingerprint density at radius 2 is 1.53 bits per heavy atom. The second-order valence-corrected chi connectivity index (χ2v) is 8.39. The summed E-state index contributed by atoms with van der Waals surface area (Å²) in [5, 5.41) is 10.9. The molecule has 0 radical (unpaired) electrons. The van der Waals surface area contributed by atoms with Gasteiger partial charge in [0, 0.05) is 29.1 Å². The molecule has 4 rings (SSSR count). The van der Waals surface area contributed by atoms with Crippen molar-refractivity contribution in [2.75, 3.05) is 6.54 Å². The summed E-state index contributed by atoms with van der Waals surface area (Å²) in [6.07, 6.45) is 2.83. The van der Waals surface area contributed by atoms with Gasteiger partial charge in [0.1, 0.15) is 5.70 Å². The number of carbonyl (C=O) groups excluding carboxylic acids is 2. The maximum absolute atomic E-state index is 13.3. The predicted octanol–water partition coefficient (Wildman–Crippen LogP) is 3.08. The molecule has 0 atom stereocenters. The number of rotatable bonds is 4. The summed E-state index contributed by atoms with van der Waals surface area (Å²) in [6, 6.07) is 16.8. The van der Waals surface area contributed by atoms with Crippen LogP contribution in [0.3, 0.4) is 0 Å². The SMILES string of the molecule is O=C(CN1/C(=C(/O)c2ccccc2)C(=O)c2ccccc2S1(=O)=O)c1ccncc1. The standard InChI is InChI=1S/C22H16N2O5S/c25-18(15-10-12-23-13-11-15)14-24-20(21(26)16-6-2-1-3-7-16)22(27)17-8-4-5-9-19(17)30(24,28)29/h1-13,26H,14H2/b21-20+. The van der Waals surface area contributed by atoms with E-state index >= 15 is 0 Å². The first-order valence-corrected chi connectivity index (χ1v) is 10.4. The summed E-state index contributed by atoms with van der Waals surface area (Å²) in [7, 11) is -4.26. The van der Waals surface area contributed by atoms with E-state index in [0.717, 1.165) is 0 Å². The Labute approximate surface area is 173 Å². The molecule has 8 heteroatoms. The Balaban J connectivity index is 1.91. The number of allylic oxidation sites excluding steroid dienone is 1. The van der Waals surface area contributed by atoms with Crippen LogP contribution in [0, 0.1) is 0 Å². The Morgan fingerprint density at radius 1 is 0.900 bits per heavy atom. The molecule has 0 unspecified atom stereocenters. The van der Waals surface area contributed by atoms with Crippen molar-refractivity contribution in [3.8, 4) is 0 Å². The van der Waals surface area contributed by atoms with Gasteiger partial charge in [0.25, 0.3) is 10.0 Å². The van der Waals surface area contributed by atoms with E-state index < -0.39 is 39.6 Å². The molecule has 0 saturated carbocycles. The van der Waals surface area contributed by atoms with Crippen molar-refractivity contribution < 1.29 is 23.1 Å². The minimum Gasteiger partial charge on any atom is -0.505 e. The predicted molar refractivity (Wildman–Crippen MR) is 109 cm³/mol. The molecule has 0 spiro atoms. The average molecular weight is 420 g/mol. The molecule has 1 aliphatic heterocycles. The molecule has 0 amide bonds. The fraction of sp³-hybridized carbons (Fsp3) is 0.0455. The number of fused-ring (bicyclic) bond motifs is 1. The normalized spacial score (nSPS) is 16.7. The molecule has 0 aliphatic carbocycles. The lowest BCUT2D eigenvalue weighted by Gasteiger charge is -2.31. The summed E-state index contributed by atoms with van der Waals surface area (Å²) in [5.74, 6) is -1.72. The lowest BCUT2D eigenvalue weighted by Crippen LogP contribution is -2.42. The van der Waals surface area contributed by atoms with Gasteiger partial charge < -0.3 is 5.11 Å². The van der Waals surface area contributed by atoms with Crippen LogP contribution in [0.4, 0.5) is 0 Å². The lowest BCUT2D eigenvalue weighted by molar-refractivity contribution is 0.0952. The average Bonchev–Trinajstić information content (AvgIpc) is 2.78. The van der Waals surface area contributed by atoms with Gasteiger partial charge in [0.15, 0.2) is 11.5 Å². The molecule has 0 saturated heterocycles. The van der Waals surface area contributed by atoms with E-state index in [9.17, 15) is 23.1 Å². The summed E-state index contributed by atoms with van der Waals surface area (Å²) >= 11 is 0. The topological polar surface area (TPSA) is 105 Å². The van der Waals surface area contributed by atoms with Gasteiger partial charge in [-0.25, -0.2) is 8.42 Å². The number of aliphatic hydroxyl groups is 1. The van der Waals surface area contributed by atoms with Crippen LogP contribution in [0.2, 0.25) is 0 Å². The molecule has 0 bridgehead atoms. The summed E-state index contributed by atoms with van der Waals surface area (Å²) < 4.78 is 27.3. The maximum Gasteiger partial charge on any atom is 0.265 e. The molecule has 1 N–H and O–H groups in total. The van der Waals surface area contributed by atoms with E-state index in [1.807, 2.05) is 0 Å². The fourth-order valence-electron chi connectivity index (χ4n) is 3.24. The molecule has 2 aromatic carbocycles. The maximum atomic E-state index is 13.3. The van der Waals surface area contributed by atoms with Crippen LogP contribution < -0.4 is 0 Å². The number of aliphatic hydroxyl groups excluding tert-OH is 1.